The lowest BCUT2D eigenvalue weighted by atomic mass is 9.87. The normalized spacial score (nSPS) is 11.6. The summed E-state index contributed by atoms with van der Waals surface area (Å²) in [6.45, 7) is 4.94. The van der Waals surface area contributed by atoms with Gasteiger partial charge >= 0.3 is 6.03 Å². The van der Waals surface area contributed by atoms with Gasteiger partial charge in [-0.15, -0.1) is 0 Å². The number of carbonyl (C=O) groups excluding carboxylic acids is 1. The highest BCUT2D eigenvalue weighted by atomic mass is 16.7. The lowest BCUT2D eigenvalue weighted by Gasteiger charge is -2.25. The molecule has 0 rings (SSSR count). The molecule has 5 heteroatoms. The molecule has 0 saturated carbocycles. The third kappa shape index (κ3) is 7.99. The van der Waals surface area contributed by atoms with Gasteiger partial charge in [0, 0.05) is 27.8 Å². The van der Waals surface area contributed by atoms with E-state index in [0.29, 0.717) is 6.54 Å². The molecule has 0 fully saturated rings. The molecule has 0 bridgehead atoms. The van der Waals surface area contributed by atoms with E-state index in [-0.39, 0.29) is 17.7 Å². The predicted octanol–water partition coefficient (Wildman–Crippen LogP) is 1.73. The van der Waals surface area contributed by atoms with Gasteiger partial charge in [0.1, 0.15) is 0 Å². The van der Waals surface area contributed by atoms with Crippen molar-refractivity contribution < 1.29 is 14.3 Å². The highest BCUT2D eigenvalue weighted by Crippen LogP contribution is 2.23. The minimum atomic E-state index is -0.135. The summed E-state index contributed by atoms with van der Waals surface area (Å²) in [6, 6.07) is -0.135. The number of ether oxygens (including phenoxy) is 2. The molecule has 0 saturated heterocycles. The van der Waals surface area contributed by atoms with Crippen LogP contribution in [0, 0.1) is 5.41 Å². The van der Waals surface area contributed by atoms with E-state index in [4.69, 9.17) is 9.47 Å². The Morgan fingerprint density at radius 1 is 1.29 bits per heavy atom. The van der Waals surface area contributed by atoms with Crippen LogP contribution in [-0.2, 0) is 9.47 Å². The molecule has 0 atom stereocenters. The monoisotopic (exact) mass is 246 g/mol. The van der Waals surface area contributed by atoms with Crippen LogP contribution in [0.2, 0.25) is 0 Å². The van der Waals surface area contributed by atoms with Gasteiger partial charge in [0.25, 0.3) is 0 Å². The standard InChI is InChI=1S/C12H26N2O3/c1-12(2,9-14-11(15)13-3)8-6-7-10(16-4)17-5/h10H,6-9H2,1-5H3,(H2,13,14,15). The van der Waals surface area contributed by atoms with Gasteiger partial charge in [-0.05, 0) is 24.7 Å². The molecule has 0 spiro atoms. The van der Waals surface area contributed by atoms with Gasteiger partial charge in [0.2, 0.25) is 0 Å². The lowest BCUT2D eigenvalue weighted by Crippen LogP contribution is -2.39. The van der Waals surface area contributed by atoms with Crippen LogP contribution < -0.4 is 10.6 Å². The molecule has 102 valence electrons. The molecule has 5 nitrogen and oxygen atoms in total. The number of rotatable bonds is 8. The molecule has 2 amide bonds. The molecule has 0 unspecified atom stereocenters. The quantitative estimate of drug-likeness (QED) is 0.641. The van der Waals surface area contributed by atoms with Gasteiger partial charge in [-0.1, -0.05) is 13.8 Å². The Labute approximate surface area is 104 Å². The summed E-state index contributed by atoms with van der Waals surface area (Å²) in [4.78, 5) is 11.1. The van der Waals surface area contributed by atoms with Crippen molar-refractivity contribution in [2.24, 2.45) is 5.41 Å². The maximum atomic E-state index is 11.1. The molecule has 0 aliphatic rings. The third-order valence-electron chi connectivity index (χ3n) is 2.77. The summed E-state index contributed by atoms with van der Waals surface area (Å²) in [5.74, 6) is 0. The van der Waals surface area contributed by atoms with E-state index >= 15 is 0 Å². The van der Waals surface area contributed by atoms with Crippen molar-refractivity contribution >= 4 is 6.03 Å². The Bertz CT molecular complexity index is 216. The Hall–Kier alpha value is -0.810. The number of methoxy groups -OCH3 is 2. The van der Waals surface area contributed by atoms with Crippen LogP contribution in [0.3, 0.4) is 0 Å². The van der Waals surface area contributed by atoms with Crippen molar-refractivity contribution in [2.45, 2.75) is 39.4 Å². The first kappa shape index (κ1) is 16.2. The number of carbonyl (C=O) groups is 1. The number of hydrogen-bond donors (Lipinski definition) is 2. The minimum absolute atomic E-state index is 0.0819. The van der Waals surface area contributed by atoms with E-state index in [2.05, 4.69) is 24.5 Å². The van der Waals surface area contributed by atoms with Gasteiger partial charge in [-0.25, -0.2) is 4.79 Å². The Morgan fingerprint density at radius 2 is 1.88 bits per heavy atom. The van der Waals surface area contributed by atoms with Crippen LogP contribution in [0.5, 0.6) is 0 Å². The average molecular weight is 246 g/mol. The summed E-state index contributed by atoms with van der Waals surface area (Å²) in [6.07, 6.45) is 2.77. The average Bonchev–Trinajstić information content (AvgIpc) is 2.31. The fourth-order valence-electron chi connectivity index (χ4n) is 1.58. The second-order valence-corrected chi connectivity index (χ2v) is 4.89. The van der Waals surface area contributed by atoms with E-state index in [1.807, 2.05) is 0 Å². The molecule has 0 radical (unpaired) electrons. The van der Waals surface area contributed by atoms with Crippen LogP contribution in [0.15, 0.2) is 0 Å². The maximum absolute atomic E-state index is 11.1. The maximum Gasteiger partial charge on any atom is 0.314 e. The van der Waals surface area contributed by atoms with Gasteiger partial charge < -0.3 is 20.1 Å². The number of amides is 2. The van der Waals surface area contributed by atoms with Gasteiger partial charge in [0.15, 0.2) is 6.29 Å². The van der Waals surface area contributed by atoms with Gasteiger partial charge in [-0.2, -0.15) is 0 Å². The summed E-state index contributed by atoms with van der Waals surface area (Å²) in [5.41, 5.74) is 0.0819. The van der Waals surface area contributed by atoms with E-state index in [0.717, 1.165) is 19.3 Å². The first-order chi connectivity index (χ1) is 7.95. The van der Waals surface area contributed by atoms with Gasteiger partial charge in [0.05, 0.1) is 0 Å². The van der Waals surface area contributed by atoms with Crippen LogP contribution in [-0.4, -0.2) is 40.1 Å². The summed E-state index contributed by atoms with van der Waals surface area (Å²) < 4.78 is 10.3. The molecule has 0 aromatic carbocycles. The van der Waals surface area contributed by atoms with E-state index in [1.165, 1.54) is 0 Å². The molecular weight excluding hydrogens is 220 g/mol. The highest BCUT2D eigenvalue weighted by molar-refractivity contribution is 5.73. The molecular formula is C12H26N2O3. The molecule has 17 heavy (non-hydrogen) atoms. The van der Waals surface area contributed by atoms with Crippen molar-refractivity contribution in [2.75, 3.05) is 27.8 Å². The molecule has 0 aromatic rings. The lowest BCUT2D eigenvalue weighted by molar-refractivity contribution is -0.107. The molecule has 0 heterocycles. The smallest absolute Gasteiger partial charge is 0.314 e. The fraction of sp³-hybridized carbons (Fsp3) is 0.917. The van der Waals surface area contributed by atoms with E-state index < -0.39 is 0 Å². The van der Waals surface area contributed by atoms with Crippen molar-refractivity contribution in [3.8, 4) is 0 Å². The van der Waals surface area contributed by atoms with Crippen LogP contribution in [0.1, 0.15) is 33.1 Å². The SMILES string of the molecule is CNC(=O)NCC(C)(C)CCCC(OC)OC. The number of urea groups is 1. The minimum Gasteiger partial charge on any atom is -0.356 e. The van der Waals surface area contributed by atoms with Crippen LogP contribution in [0.4, 0.5) is 4.79 Å². The van der Waals surface area contributed by atoms with Crippen molar-refractivity contribution in [3.05, 3.63) is 0 Å². The van der Waals surface area contributed by atoms with Crippen molar-refractivity contribution in [1.29, 1.82) is 0 Å². The Kier molecular flexibility index (Phi) is 7.91. The number of hydrogen-bond acceptors (Lipinski definition) is 3. The summed E-state index contributed by atoms with van der Waals surface area (Å²) in [7, 11) is 4.91. The first-order valence-corrected chi connectivity index (χ1v) is 5.96. The van der Waals surface area contributed by atoms with Crippen LogP contribution >= 0.6 is 0 Å². The molecule has 0 aliphatic carbocycles. The third-order valence-corrected chi connectivity index (χ3v) is 2.77. The van der Waals surface area contributed by atoms with Crippen molar-refractivity contribution in [1.82, 2.24) is 10.6 Å². The van der Waals surface area contributed by atoms with E-state index in [9.17, 15) is 4.79 Å². The molecule has 2 N–H and O–H groups in total. The van der Waals surface area contributed by atoms with E-state index in [1.54, 1.807) is 21.3 Å². The molecule has 0 aliphatic heterocycles. The Morgan fingerprint density at radius 3 is 2.35 bits per heavy atom. The highest BCUT2D eigenvalue weighted by Gasteiger charge is 2.19. The largest absolute Gasteiger partial charge is 0.356 e. The summed E-state index contributed by atoms with van der Waals surface area (Å²) >= 11 is 0. The number of nitrogens with one attached hydrogen (secondary N) is 2. The van der Waals surface area contributed by atoms with Crippen LogP contribution in [0.25, 0.3) is 0 Å². The Balaban J connectivity index is 3.80. The second kappa shape index (κ2) is 8.31. The first-order valence-electron chi connectivity index (χ1n) is 5.96. The second-order valence-electron chi connectivity index (χ2n) is 4.89. The zero-order chi connectivity index (χ0) is 13.3. The summed E-state index contributed by atoms with van der Waals surface area (Å²) in [5, 5.41) is 5.37. The zero-order valence-electron chi connectivity index (χ0n) is 11.6. The fourth-order valence-corrected chi connectivity index (χ4v) is 1.58. The van der Waals surface area contributed by atoms with Gasteiger partial charge in [-0.3, -0.25) is 0 Å². The zero-order valence-corrected chi connectivity index (χ0v) is 11.6. The van der Waals surface area contributed by atoms with Crippen molar-refractivity contribution in [3.63, 3.8) is 0 Å². The molecule has 0 aromatic heterocycles. The topological polar surface area (TPSA) is 59.6 Å². The predicted molar refractivity (Wildman–Crippen MR) is 67.9 cm³/mol.